The molecule has 0 radical (unpaired) electrons. The highest BCUT2D eigenvalue weighted by molar-refractivity contribution is 7.55. The Bertz CT molecular complexity index is 350. The molecule has 3 nitrogen and oxygen atoms in total. The molecule has 0 rings (SSSR count). The van der Waals surface area contributed by atoms with Crippen molar-refractivity contribution in [3.8, 4) is 0 Å². The summed E-state index contributed by atoms with van der Waals surface area (Å²) < 4.78 is 107. The van der Waals surface area contributed by atoms with Crippen LogP contribution in [0.4, 0.5) is 35.1 Å². The lowest BCUT2D eigenvalue weighted by molar-refractivity contribution is -0.290. The maximum atomic E-state index is 12.5. The van der Waals surface area contributed by atoms with Crippen LogP contribution in [0.25, 0.3) is 0 Å². The molecular formula is C7H10F8NO2P. The van der Waals surface area contributed by atoms with Gasteiger partial charge >= 0.3 is 18.3 Å². The highest BCUT2D eigenvalue weighted by atomic mass is 31.2. The summed E-state index contributed by atoms with van der Waals surface area (Å²) in [6, 6.07) is 0. The molecule has 0 amide bonds. The van der Waals surface area contributed by atoms with Gasteiger partial charge in [-0.2, -0.15) is 35.1 Å². The van der Waals surface area contributed by atoms with Crippen molar-refractivity contribution in [2.75, 3.05) is 26.9 Å². The standard InChI is InChI=1S/C7H10F8NO2P/c1-16-19(2,18-4-6(10,11)12)17-3-5(8,9)7(13,14)15/h3-4H2,1-2H3. The van der Waals surface area contributed by atoms with Crippen LogP contribution in [0.5, 0.6) is 0 Å². The molecule has 0 spiro atoms. The van der Waals surface area contributed by atoms with E-state index < -0.39 is 39.0 Å². The SMILES string of the molecule is CN=P(C)(OCC(F)(F)F)OCC(F)(F)C(F)(F)F. The van der Waals surface area contributed by atoms with Crippen molar-refractivity contribution in [1.29, 1.82) is 0 Å². The van der Waals surface area contributed by atoms with Gasteiger partial charge < -0.3 is 9.05 Å². The molecule has 0 aliphatic carbocycles. The Kier molecular flexibility index (Phi) is 5.80. The maximum absolute atomic E-state index is 12.5. The van der Waals surface area contributed by atoms with E-state index >= 15 is 0 Å². The van der Waals surface area contributed by atoms with Crippen molar-refractivity contribution in [2.45, 2.75) is 18.3 Å². The molecule has 0 fully saturated rings. The van der Waals surface area contributed by atoms with Gasteiger partial charge in [0.15, 0.2) is 6.61 Å². The van der Waals surface area contributed by atoms with E-state index in [-0.39, 0.29) is 0 Å². The monoisotopic (exact) mass is 323 g/mol. The molecule has 0 saturated heterocycles. The first kappa shape index (κ1) is 18.6. The lowest BCUT2D eigenvalue weighted by Gasteiger charge is -2.24. The largest absolute Gasteiger partial charge is 0.455 e. The summed E-state index contributed by atoms with van der Waals surface area (Å²) in [7, 11) is -2.89. The van der Waals surface area contributed by atoms with E-state index in [0.29, 0.717) is 0 Å². The second-order valence-corrected chi connectivity index (χ2v) is 5.89. The molecule has 0 aromatic rings. The molecule has 19 heavy (non-hydrogen) atoms. The first-order chi connectivity index (χ1) is 8.22. The highest BCUT2D eigenvalue weighted by Gasteiger charge is 2.58. The third kappa shape index (κ3) is 6.53. The quantitative estimate of drug-likeness (QED) is 0.564. The molecule has 116 valence electrons. The average Bonchev–Trinajstić information content (AvgIpc) is 2.21. The Morgan fingerprint density at radius 2 is 1.32 bits per heavy atom. The highest BCUT2D eigenvalue weighted by Crippen LogP contribution is 2.50. The summed E-state index contributed by atoms with van der Waals surface area (Å²) in [6.07, 6.45) is -10.6. The van der Waals surface area contributed by atoms with Crippen LogP contribution in [0.2, 0.25) is 0 Å². The number of hydrogen-bond donors (Lipinski definition) is 0. The molecule has 0 aromatic carbocycles. The number of rotatable bonds is 5. The van der Waals surface area contributed by atoms with Gasteiger partial charge in [0.2, 0.25) is 7.51 Å². The van der Waals surface area contributed by atoms with Crippen LogP contribution in [0, 0.1) is 0 Å². The maximum Gasteiger partial charge on any atom is 0.455 e. The predicted octanol–water partition coefficient (Wildman–Crippen LogP) is 4.07. The third-order valence-corrected chi connectivity index (χ3v) is 3.67. The Morgan fingerprint density at radius 1 is 0.895 bits per heavy atom. The van der Waals surface area contributed by atoms with E-state index in [4.69, 9.17) is 0 Å². The second kappa shape index (κ2) is 5.92. The number of hydrogen-bond acceptors (Lipinski definition) is 3. The Morgan fingerprint density at radius 3 is 1.63 bits per heavy atom. The van der Waals surface area contributed by atoms with Crippen molar-refractivity contribution in [3.05, 3.63) is 0 Å². The van der Waals surface area contributed by atoms with Gasteiger partial charge in [-0.25, -0.2) is 0 Å². The Balaban J connectivity index is 4.67. The van der Waals surface area contributed by atoms with Gasteiger partial charge in [-0.05, 0) is 0 Å². The fraction of sp³-hybridized carbons (Fsp3) is 1.00. The van der Waals surface area contributed by atoms with Gasteiger partial charge in [0, 0.05) is 13.7 Å². The van der Waals surface area contributed by atoms with E-state index in [9.17, 15) is 35.1 Å². The van der Waals surface area contributed by atoms with Crippen molar-refractivity contribution in [2.24, 2.45) is 4.74 Å². The molecule has 0 N–H and O–H groups in total. The molecule has 0 bridgehead atoms. The molecule has 1 unspecified atom stereocenters. The van der Waals surface area contributed by atoms with Gasteiger partial charge in [-0.15, -0.1) is 0 Å². The van der Waals surface area contributed by atoms with Gasteiger partial charge in [0.25, 0.3) is 0 Å². The molecule has 1 atom stereocenters. The van der Waals surface area contributed by atoms with Crippen molar-refractivity contribution in [3.63, 3.8) is 0 Å². The van der Waals surface area contributed by atoms with Gasteiger partial charge in [0.05, 0.1) is 0 Å². The van der Waals surface area contributed by atoms with Crippen LogP contribution in [-0.2, 0) is 9.05 Å². The smallest absolute Gasteiger partial charge is 0.317 e. The zero-order valence-corrected chi connectivity index (χ0v) is 10.5. The van der Waals surface area contributed by atoms with Crippen LogP contribution in [0.3, 0.4) is 0 Å². The van der Waals surface area contributed by atoms with E-state index in [0.717, 1.165) is 13.7 Å². The molecule has 0 aliphatic heterocycles. The van der Waals surface area contributed by atoms with E-state index in [1.54, 1.807) is 0 Å². The summed E-state index contributed by atoms with van der Waals surface area (Å²) >= 11 is 0. The minimum Gasteiger partial charge on any atom is -0.317 e. The van der Waals surface area contributed by atoms with Gasteiger partial charge in [0.1, 0.15) is 6.61 Å². The Hall–Kier alpha value is -0.410. The zero-order valence-electron chi connectivity index (χ0n) is 9.65. The lowest BCUT2D eigenvalue weighted by atomic mass is 10.3. The van der Waals surface area contributed by atoms with Gasteiger partial charge in [-0.1, -0.05) is 0 Å². The molecule has 0 heterocycles. The van der Waals surface area contributed by atoms with Crippen molar-refractivity contribution in [1.82, 2.24) is 0 Å². The van der Waals surface area contributed by atoms with Gasteiger partial charge in [-0.3, -0.25) is 4.74 Å². The number of alkyl halides is 8. The van der Waals surface area contributed by atoms with Crippen LogP contribution >= 0.6 is 7.51 Å². The molecule has 12 heteroatoms. The van der Waals surface area contributed by atoms with Crippen LogP contribution in [0.1, 0.15) is 0 Å². The topological polar surface area (TPSA) is 30.8 Å². The first-order valence-corrected chi connectivity index (χ1v) is 6.53. The van der Waals surface area contributed by atoms with Crippen LogP contribution in [0.15, 0.2) is 4.74 Å². The minimum atomic E-state index is -5.87. The fourth-order valence-corrected chi connectivity index (χ4v) is 1.72. The Labute approximate surface area is 103 Å². The summed E-state index contributed by atoms with van der Waals surface area (Å²) in [5.74, 6) is -5.19. The zero-order chi connectivity index (χ0) is 15.5. The third-order valence-electron chi connectivity index (χ3n) is 1.73. The molecule has 0 aromatic heterocycles. The summed E-state index contributed by atoms with van der Waals surface area (Å²) in [5.41, 5.74) is 0. The van der Waals surface area contributed by atoms with Crippen molar-refractivity contribution < 1.29 is 44.2 Å². The number of nitrogens with zero attached hydrogens (tertiary/aromatic N) is 1. The van der Waals surface area contributed by atoms with E-state index in [2.05, 4.69) is 13.8 Å². The number of halogens is 8. The van der Waals surface area contributed by atoms with Crippen LogP contribution < -0.4 is 0 Å². The molecular weight excluding hydrogens is 313 g/mol. The lowest BCUT2D eigenvalue weighted by Crippen LogP contribution is -2.40. The summed E-state index contributed by atoms with van der Waals surface area (Å²) in [4.78, 5) is 0. The van der Waals surface area contributed by atoms with Crippen molar-refractivity contribution >= 4 is 7.51 Å². The summed E-state index contributed by atoms with van der Waals surface area (Å²) in [5, 5.41) is 0. The second-order valence-electron chi connectivity index (χ2n) is 3.37. The molecule has 0 aliphatic rings. The summed E-state index contributed by atoms with van der Waals surface area (Å²) in [6.45, 7) is -3.21. The normalized spacial score (nSPS) is 17.2. The fourth-order valence-electron chi connectivity index (χ4n) is 0.628. The van der Waals surface area contributed by atoms with Crippen LogP contribution in [-0.4, -0.2) is 45.2 Å². The molecule has 0 saturated carbocycles. The van der Waals surface area contributed by atoms with E-state index in [1.165, 1.54) is 0 Å². The average molecular weight is 323 g/mol. The first-order valence-electron chi connectivity index (χ1n) is 4.51. The van der Waals surface area contributed by atoms with E-state index in [1.807, 2.05) is 0 Å². The predicted molar refractivity (Wildman–Crippen MR) is 50.2 cm³/mol. The minimum absolute atomic E-state index is 0.797.